The molecule has 1 atom stereocenters. The second kappa shape index (κ2) is 9.61. The topological polar surface area (TPSA) is 49.4 Å². The van der Waals surface area contributed by atoms with E-state index in [0.29, 0.717) is 24.6 Å². The number of halogens is 2. The van der Waals surface area contributed by atoms with E-state index in [1.165, 1.54) is 17.7 Å². The lowest BCUT2D eigenvalue weighted by Crippen LogP contribution is -2.53. The van der Waals surface area contributed by atoms with Crippen LogP contribution in [0.5, 0.6) is 0 Å². The van der Waals surface area contributed by atoms with Gasteiger partial charge in [-0.2, -0.15) is 0 Å². The van der Waals surface area contributed by atoms with E-state index in [1.807, 2.05) is 43.0 Å². The highest BCUT2D eigenvalue weighted by atomic mass is 35.5. The van der Waals surface area contributed by atoms with Gasteiger partial charge in [0.05, 0.1) is 0 Å². The Labute approximate surface area is 182 Å². The number of nitrogens with zero attached hydrogens (tertiary/aromatic N) is 1. The molecule has 0 radical (unpaired) electrons. The van der Waals surface area contributed by atoms with E-state index in [-0.39, 0.29) is 17.4 Å². The van der Waals surface area contributed by atoms with Gasteiger partial charge >= 0.3 is 0 Å². The molecule has 3 rings (SSSR count). The van der Waals surface area contributed by atoms with Gasteiger partial charge in [-0.05, 0) is 67.0 Å². The third kappa shape index (κ3) is 5.20. The summed E-state index contributed by atoms with van der Waals surface area (Å²) in [4.78, 5) is 27.7. The maximum absolute atomic E-state index is 13.6. The highest BCUT2D eigenvalue weighted by molar-refractivity contribution is 6.30. The molecule has 6 heteroatoms. The molecule has 30 heavy (non-hydrogen) atoms. The average Bonchev–Trinajstić information content (AvgIpc) is 2.73. The van der Waals surface area contributed by atoms with E-state index in [2.05, 4.69) is 5.32 Å². The van der Waals surface area contributed by atoms with Crippen LogP contribution in [0.25, 0.3) is 0 Å². The van der Waals surface area contributed by atoms with Gasteiger partial charge in [0.2, 0.25) is 5.91 Å². The first kappa shape index (κ1) is 22.3. The molecule has 0 unspecified atom stereocenters. The molecule has 1 N–H and O–H groups in total. The first-order valence-corrected chi connectivity index (χ1v) is 10.8. The molecule has 160 valence electrons. The average molecular weight is 431 g/mol. The molecule has 0 aromatic heterocycles. The summed E-state index contributed by atoms with van der Waals surface area (Å²) in [6.45, 7) is 6.85. The monoisotopic (exact) mass is 430 g/mol. The number of hydrogen-bond donors (Lipinski definition) is 1. The lowest BCUT2D eigenvalue weighted by atomic mass is 9.89. The van der Waals surface area contributed by atoms with Crippen molar-refractivity contribution in [2.45, 2.75) is 45.6 Å². The molecule has 1 aliphatic heterocycles. The van der Waals surface area contributed by atoms with E-state index in [9.17, 15) is 14.0 Å². The molecule has 0 saturated carbocycles. The zero-order chi connectivity index (χ0) is 21.8. The minimum atomic E-state index is -0.646. The smallest absolute Gasteiger partial charge is 0.252 e. The zero-order valence-electron chi connectivity index (χ0n) is 17.6. The van der Waals surface area contributed by atoms with Gasteiger partial charge in [-0.1, -0.05) is 43.6 Å². The first-order chi connectivity index (χ1) is 14.3. The molecule has 1 saturated heterocycles. The lowest BCUT2D eigenvalue weighted by Gasteiger charge is -2.35. The summed E-state index contributed by atoms with van der Waals surface area (Å²) in [7, 11) is 0. The summed E-state index contributed by atoms with van der Waals surface area (Å²) in [5.41, 5.74) is 2.17. The standard InChI is InChI=1S/C24H28ClFN2O2/c1-15(2)22(27-23(29)21-14-20(26)9-4-16(21)3)24(30)28-12-10-18(11-13-28)17-5-7-19(25)8-6-17/h4-9,14-15,18,22H,10-13H2,1-3H3,(H,27,29)/t22-/m1/s1. The van der Waals surface area contributed by atoms with E-state index < -0.39 is 17.8 Å². The highest BCUT2D eigenvalue weighted by Crippen LogP contribution is 2.29. The fraction of sp³-hybridized carbons (Fsp3) is 0.417. The van der Waals surface area contributed by atoms with E-state index in [1.54, 1.807) is 13.0 Å². The minimum absolute atomic E-state index is 0.0793. The zero-order valence-corrected chi connectivity index (χ0v) is 18.4. The number of nitrogens with one attached hydrogen (secondary N) is 1. The van der Waals surface area contributed by atoms with Crippen LogP contribution in [0.3, 0.4) is 0 Å². The van der Waals surface area contributed by atoms with Crippen LogP contribution in [0.4, 0.5) is 4.39 Å². The number of piperidine rings is 1. The van der Waals surface area contributed by atoms with Gasteiger partial charge in [0.15, 0.2) is 0 Å². The number of carbonyl (C=O) groups excluding carboxylic acids is 2. The Hall–Kier alpha value is -2.40. The summed E-state index contributed by atoms with van der Waals surface area (Å²) in [6.07, 6.45) is 1.74. The Morgan fingerprint density at radius 1 is 1.10 bits per heavy atom. The minimum Gasteiger partial charge on any atom is -0.341 e. The Bertz CT molecular complexity index is 906. The maximum atomic E-state index is 13.6. The van der Waals surface area contributed by atoms with Crippen molar-refractivity contribution in [2.75, 3.05) is 13.1 Å². The third-order valence-corrected chi connectivity index (χ3v) is 6.06. The van der Waals surface area contributed by atoms with Gasteiger partial charge in [0, 0.05) is 23.7 Å². The van der Waals surface area contributed by atoms with E-state index in [0.717, 1.165) is 17.9 Å². The Morgan fingerprint density at radius 3 is 2.33 bits per heavy atom. The van der Waals surface area contributed by atoms with Crippen molar-refractivity contribution < 1.29 is 14.0 Å². The van der Waals surface area contributed by atoms with Gasteiger partial charge in [0.1, 0.15) is 11.9 Å². The van der Waals surface area contributed by atoms with E-state index >= 15 is 0 Å². The summed E-state index contributed by atoms with van der Waals surface area (Å²) in [6, 6.07) is 11.3. The summed E-state index contributed by atoms with van der Waals surface area (Å²) in [5, 5.41) is 3.55. The Kier molecular flexibility index (Phi) is 7.14. The van der Waals surface area contributed by atoms with Crippen molar-refractivity contribution in [3.05, 3.63) is 70.0 Å². The number of benzene rings is 2. The molecular formula is C24H28ClFN2O2. The van der Waals surface area contributed by atoms with Gasteiger partial charge < -0.3 is 10.2 Å². The van der Waals surface area contributed by atoms with Gasteiger partial charge in [-0.3, -0.25) is 9.59 Å². The fourth-order valence-corrected chi connectivity index (χ4v) is 4.06. The largest absolute Gasteiger partial charge is 0.341 e. The van der Waals surface area contributed by atoms with Crippen LogP contribution in [-0.2, 0) is 4.79 Å². The Morgan fingerprint density at radius 2 is 1.73 bits per heavy atom. The van der Waals surface area contributed by atoms with Crippen molar-refractivity contribution in [2.24, 2.45) is 5.92 Å². The normalized spacial score (nSPS) is 15.9. The molecule has 1 aliphatic rings. The predicted molar refractivity (Wildman–Crippen MR) is 117 cm³/mol. The van der Waals surface area contributed by atoms with Crippen LogP contribution in [-0.4, -0.2) is 35.8 Å². The van der Waals surface area contributed by atoms with Crippen LogP contribution < -0.4 is 5.32 Å². The fourth-order valence-electron chi connectivity index (χ4n) is 3.94. The number of amides is 2. The van der Waals surface area contributed by atoms with Crippen molar-refractivity contribution in [1.29, 1.82) is 0 Å². The number of likely N-dealkylation sites (tertiary alicyclic amines) is 1. The second-order valence-corrected chi connectivity index (χ2v) is 8.74. The maximum Gasteiger partial charge on any atom is 0.252 e. The SMILES string of the molecule is Cc1ccc(F)cc1C(=O)N[C@@H](C(=O)N1CCC(c2ccc(Cl)cc2)CC1)C(C)C. The first-order valence-electron chi connectivity index (χ1n) is 10.4. The van der Waals surface area contributed by atoms with Crippen LogP contribution in [0.1, 0.15) is 54.1 Å². The molecule has 4 nitrogen and oxygen atoms in total. The van der Waals surface area contributed by atoms with Crippen molar-refractivity contribution in [1.82, 2.24) is 10.2 Å². The molecule has 2 amide bonds. The van der Waals surface area contributed by atoms with Crippen molar-refractivity contribution in [3.8, 4) is 0 Å². The number of aryl methyl sites for hydroxylation is 1. The predicted octanol–water partition coefficient (Wildman–Crippen LogP) is 4.95. The molecule has 0 aliphatic carbocycles. The molecule has 1 fully saturated rings. The molecule has 2 aromatic carbocycles. The van der Waals surface area contributed by atoms with Crippen LogP contribution >= 0.6 is 11.6 Å². The van der Waals surface area contributed by atoms with Gasteiger partial charge in [0.25, 0.3) is 5.91 Å². The number of rotatable bonds is 5. The highest BCUT2D eigenvalue weighted by Gasteiger charge is 2.32. The molecular weight excluding hydrogens is 403 g/mol. The molecule has 1 heterocycles. The lowest BCUT2D eigenvalue weighted by molar-refractivity contribution is -0.135. The van der Waals surface area contributed by atoms with Crippen molar-refractivity contribution >= 4 is 23.4 Å². The quantitative estimate of drug-likeness (QED) is 0.729. The van der Waals surface area contributed by atoms with E-state index in [4.69, 9.17) is 11.6 Å². The van der Waals surface area contributed by atoms with Gasteiger partial charge in [-0.25, -0.2) is 4.39 Å². The second-order valence-electron chi connectivity index (χ2n) is 8.31. The molecule has 0 bridgehead atoms. The molecule has 2 aromatic rings. The Balaban J connectivity index is 1.65. The summed E-state index contributed by atoms with van der Waals surface area (Å²) < 4.78 is 13.6. The van der Waals surface area contributed by atoms with Crippen LogP contribution in [0.15, 0.2) is 42.5 Å². The van der Waals surface area contributed by atoms with Crippen LogP contribution in [0, 0.1) is 18.7 Å². The van der Waals surface area contributed by atoms with Crippen LogP contribution in [0.2, 0.25) is 5.02 Å². The summed E-state index contributed by atoms with van der Waals surface area (Å²) >= 11 is 5.98. The number of hydrogen-bond acceptors (Lipinski definition) is 2. The number of carbonyl (C=O) groups is 2. The third-order valence-electron chi connectivity index (χ3n) is 5.81. The van der Waals surface area contributed by atoms with Gasteiger partial charge in [-0.15, -0.1) is 0 Å². The van der Waals surface area contributed by atoms with Crippen molar-refractivity contribution in [3.63, 3.8) is 0 Å². The summed E-state index contributed by atoms with van der Waals surface area (Å²) in [5.74, 6) is -0.655. The molecule has 0 spiro atoms.